The zero-order valence-corrected chi connectivity index (χ0v) is 11.5. The molecule has 1 amide bonds. The van der Waals surface area contributed by atoms with Gasteiger partial charge in [0, 0.05) is 25.8 Å². The Labute approximate surface area is 114 Å². The van der Waals surface area contributed by atoms with E-state index in [4.69, 9.17) is 5.73 Å². The second-order valence-electron chi connectivity index (χ2n) is 4.99. The molecule has 19 heavy (non-hydrogen) atoms. The maximum Gasteiger partial charge on any atom is 0.231 e. The predicted octanol–water partition coefficient (Wildman–Crippen LogP) is 0.989. The van der Waals surface area contributed by atoms with Crippen LogP contribution in [0.2, 0.25) is 0 Å². The molecule has 0 radical (unpaired) electrons. The molecule has 2 N–H and O–H groups in total. The summed E-state index contributed by atoms with van der Waals surface area (Å²) in [5, 5.41) is 0. The van der Waals surface area contributed by atoms with Gasteiger partial charge in [-0.2, -0.15) is 0 Å². The molecule has 0 saturated carbocycles. The summed E-state index contributed by atoms with van der Waals surface area (Å²) in [5.74, 6) is 0.766. The first-order chi connectivity index (χ1) is 9.19. The van der Waals surface area contributed by atoms with Crippen LogP contribution in [-0.2, 0) is 11.3 Å². The smallest absolute Gasteiger partial charge is 0.231 e. The Bertz CT molecular complexity index is 412. The number of carbonyl (C=O) groups excluding carboxylic acids is 1. The highest BCUT2D eigenvalue weighted by molar-refractivity contribution is 5.75. The fourth-order valence-corrected chi connectivity index (χ4v) is 2.40. The first-order valence-corrected chi connectivity index (χ1v) is 6.89. The maximum absolute atomic E-state index is 10.9. The van der Waals surface area contributed by atoms with E-state index in [1.807, 2.05) is 18.0 Å². The van der Waals surface area contributed by atoms with Crippen molar-refractivity contribution in [2.24, 2.45) is 5.73 Å². The van der Waals surface area contributed by atoms with Crippen LogP contribution >= 0.6 is 0 Å². The van der Waals surface area contributed by atoms with Crippen molar-refractivity contribution in [3.05, 3.63) is 23.9 Å². The molecule has 1 aliphatic rings. The third-order valence-electron chi connectivity index (χ3n) is 3.47. The molecule has 0 spiro atoms. The molecule has 0 unspecified atom stereocenters. The number of primary amides is 1. The van der Waals surface area contributed by atoms with E-state index < -0.39 is 0 Å². The summed E-state index contributed by atoms with van der Waals surface area (Å²) < 4.78 is 0. The predicted molar refractivity (Wildman–Crippen MR) is 75.8 cm³/mol. The summed E-state index contributed by atoms with van der Waals surface area (Å²) in [6.07, 6.45) is 4.41. The van der Waals surface area contributed by atoms with Crippen molar-refractivity contribution in [3.8, 4) is 0 Å². The van der Waals surface area contributed by atoms with Gasteiger partial charge in [-0.1, -0.05) is 13.0 Å². The number of hydrogen-bond donors (Lipinski definition) is 1. The second-order valence-corrected chi connectivity index (χ2v) is 4.99. The Morgan fingerprint density at radius 3 is 2.68 bits per heavy atom. The minimum absolute atomic E-state index is 0.288. The number of likely N-dealkylation sites (N-methyl/N-ethyl adjacent to an activating group) is 1. The lowest BCUT2D eigenvalue weighted by molar-refractivity contribution is -0.119. The van der Waals surface area contributed by atoms with Crippen LogP contribution in [0.1, 0.15) is 25.3 Å². The lowest BCUT2D eigenvalue weighted by atomic mass is 10.2. The number of amides is 1. The SMILES string of the molecule is CCN(CC(N)=O)Cc1ccc(N2CCCC2)nc1. The Kier molecular flexibility index (Phi) is 4.74. The molecular formula is C14H22N4O. The fraction of sp³-hybridized carbons (Fsp3) is 0.571. The van der Waals surface area contributed by atoms with E-state index in [2.05, 4.69) is 22.0 Å². The van der Waals surface area contributed by atoms with Gasteiger partial charge in [0.05, 0.1) is 6.54 Å². The number of pyridine rings is 1. The van der Waals surface area contributed by atoms with Crippen molar-refractivity contribution in [1.82, 2.24) is 9.88 Å². The van der Waals surface area contributed by atoms with Crippen LogP contribution in [0.25, 0.3) is 0 Å². The molecule has 0 aromatic carbocycles. The average Bonchev–Trinajstić information content (AvgIpc) is 2.92. The zero-order chi connectivity index (χ0) is 13.7. The molecule has 1 saturated heterocycles. The summed E-state index contributed by atoms with van der Waals surface area (Å²) in [7, 11) is 0. The van der Waals surface area contributed by atoms with Gasteiger partial charge in [0.15, 0.2) is 0 Å². The Hall–Kier alpha value is -1.62. The largest absolute Gasteiger partial charge is 0.369 e. The lowest BCUT2D eigenvalue weighted by Gasteiger charge is -2.20. The topological polar surface area (TPSA) is 62.5 Å². The molecule has 5 nitrogen and oxygen atoms in total. The quantitative estimate of drug-likeness (QED) is 0.830. The molecule has 1 aromatic heterocycles. The standard InChI is InChI=1S/C14H22N4O/c1-2-17(11-13(15)19)10-12-5-6-14(16-9-12)18-7-3-4-8-18/h5-6,9H,2-4,7-8,10-11H2,1H3,(H2,15,19). The second kappa shape index (κ2) is 6.52. The van der Waals surface area contributed by atoms with Crippen LogP contribution in [-0.4, -0.2) is 42.0 Å². The molecule has 2 rings (SSSR count). The van der Waals surface area contributed by atoms with Crippen molar-refractivity contribution >= 4 is 11.7 Å². The third-order valence-corrected chi connectivity index (χ3v) is 3.47. The van der Waals surface area contributed by atoms with E-state index in [0.717, 1.165) is 31.0 Å². The number of aromatic nitrogens is 1. The summed E-state index contributed by atoms with van der Waals surface area (Å²) >= 11 is 0. The highest BCUT2D eigenvalue weighted by Gasteiger charge is 2.13. The highest BCUT2D eigenvalue weighted by Crippen LogP contribution is 2.17. The minimum Gasteiger partial charge on any atom is -0.369 e. The molecule has 0 atom stereocenters. The summed E-state index contributed by atoms with van der Waals surface area (Å²) in [6.45, 7) is 6.05. The molecule has 1 aromatic rings. The molecule has 5 heteroatoms. The van der Waals surface area contributed by atoms with Gasteiger partial charge in [-0.15, -0.1) is 0 Å². The zero-order valence-electron chi connectivity index (χ0n) is 11.5. The monoisotopic (exact) mass is 262 g/mol. The molecule has 2 heterocycles. The number of nitrogens with zero attached hydrogens (tertiary/aromatic N) is 3. The van der Waals surface area contributed by atoms with Crippen LogP contribution in [0.5, 0.6) is 0 Å². The fourth-order valence-electron chi connectivity index (χ4n) is 2.40. The summed E-state index contributed by atoms with van der Waals surface area (Å²) in [5.41, 5.74) is 6.34. The van der Waals surface area contributed by atoms with Gasteiger partial charge in [-0.25, -0.2) is 4.98 Å². The first kappa shape index (κ1) is 13.8. The molecule has 1 aliphatic heterocycles. The van der Waals surface area contributed by atoms with Crippen molar-refractivity contribution in [2.75, 3.05) is 31.1 Å². The van der Waals surface area contributed by atoms with Gasteiger partial charge in [0.1, 0.15) is 5.82 Å². The third kappa shape index (κ3) is 3.92. The van der Waals surface area contributed by atoms with E-state index >= 15 is 0 Å². The minimum atomic E-state index is -0.288. The van der Waals surface area contributed by atoms with E-state index in [9.17, 15) is 4.79 Å². The van der Waals surface area contributed by atoms with Crippen LogP contribution < -0.4 is 10.6 Å². The number of rotatable bonds is 6. The Balaban J connectivity index is 1.95. The molecule has 0 bridgehead atoms. The van der Waals surface area contributed by atoms with Crippen molar-refractivity contribution in [2.45, 2.75) is 26.3 Å². The van der Waals surface area contributed by atoms with Crippen LogP contribution in [0.15, 0.2) is 18.3 Å². The van der Waals surface area contributed by atoms with Crippen LogP contribution in [0.4, 0.5) is 5.82 Å². The average molecular weight is 262 g/mol. The number of anilines is 1. The van der Waals surface area contributed by atoms with Gasteiger partial charge in [-0.05, 0) is 31.0 Å². The number of hydrogen-bond acceptors (Lipinski definition) is 4. The van der Waals surface area contributed by atoms with E-state index in [1.54, 1.807) is 0 Å². The van der Waals surface area contributed by atoms with Crippen molar-refractivity contribution < 1.29 is 4.79 Å². The van der Waals surface area contributed by atoms with E-state index in [-0.39, 0.29) is 5.91 Å². The molecule has 1 fully saturated rings. The first-order valence-electron chi connectivity index (χ1n) is 6.89. The van der Waals surface area contributed by atoms with Gasteiger partial charge in [0.25, 0.3) is 0 Å². The van der Waals surface area contributed by atoms with E-state index in [1.165, 1.54) is 12.8 Å². The Morgan fingerprint density at radius 1 is 1.42 bits per heavy atom. The summed E-state index contributed by atoms with van der Waals surface area (Å²) in [4.78, 5) is 19.8. The molecule has 0 aliphatic carbocycles. The van der Waals surface area contributed by atoms with Gasteiger partial charge < -0.3 is 10.6 Å². The van der Waals surface area contributed by atoms with E-state index in [0.29, 0.717) is 13.1 Å². The normalized spacial score (nSPS) is 15.2. The van der Waals surface area contributed by atoms with Gasteiger partial charge >= 0.3 is 0 Å². The van der Waals surface area contributed by atoms with Gasteiger partial charge in [0.2, 0.25) is 5.91 Å². The van der Waals surface area contributed by atoms with Crippen molar-refractivity contribution in [3.63, 3.8) is 0 Å². The molecule has 104 valence electrons. The number of carbonyl (C=O) groups is 1. The number of nitrogens with two attached hydrogens (primary N) is 1. The van der Waals surface area contributed by atoms with Gasteiger partial charge in [-0.3, -0.25) is 9.69 Å². The maximum atomic E-state index is 10.9. The summed E-state index contributed by atoms with van der Waals surface area (Å²) in [6, 6.07) is 4.16. The highest BCUT2D eigenvalue weighted by atomic mass is 16.1. The lowest BCUT2D eigenvalue weighted by Crippen LogP contribution is -2.33. The Morgan fingerprint density at radius 2 is 2.16 bits per heavy atom. The van der Waals surface area contributed by atoms with Crippen LogP contribution in [0.3, 0.4) is 0 Å². The molecular weight excluding hydrogens is 240 g/mol. The van der Waals surface area contributed by atoms with Crippen LogP contribution in [0, 0.1) is 0 Å². The van der Waals surface area contributed by atoms with Crippen molar-refractivity contribution in [1.29, 1.82) is 0 Å².